The van der Waals surface area contributed by atoms with E-state index >= 15 is 0 Å². The first-order valence-corrected chi connectivity index (χ1v) is 18.5. The molecule has 5 fully saturated rings. The van der Waals surface area contributed by atoms with Gasteiger partial charge in [-0.25, -0.2) is 0 Å². The van der Waals surface area contributed by atoms with Gasteiger partial charge in [0.15, 0.2) is 0 Å². The molecule has 1 spiro atoms. The number of aliphatic hydroxyl groups is 1. The fourth-order valence-corrected chi connectivity index (χ4v) is 11.2. The Morgan fingerprint density at radius 2 is 1.73 bits per heavy atom. The molecule has 3 saturated carbocycles. The van der Waals surface area contributed by atoms with E-state index in [9.17, 15) is 27.9 Å². The van der Waals surface area contributed by atoms with Crippen LogP contribution in [0.4, 0.5) is 13.2 Å². The van der Waals surface area contributed by atoms with Crippen LogP contribution < -0.4 is 5.32 Å². The minimum atomic E-state index is -5.00. The van der Waals surface area contributed by atoms with Crippen LogP contribution >= 0.6 is 0 Å². The molecule has 2 heterocycles. The normalized spacial score (nSPS) is 37.3. The number of carbonyl (C=O) groups excluding carboxylic acids is 2. The first-order chi connectivity index (χ1) is 23.4. The number of quaternary nitrogens is 1. The van der Waals surface area contributed by atoms with Gasteiger partial charge in [0.2, 0.25) is 5.72 Å². The van der Waals surface area contributed by atoms with E-state index in [1.54, 1.807) is 18.2 Å². The minimum absolute atomic E-state index is 0.130. The number of halogens is 3. The third-order valence-electron chi connectivity index (χ3n) is 13.2. The summed E-state index contributed by atoms with van der Waals surface area (Å²) in [4.78, 5) is 26.5. The van der Waals surface area contributed by atoms with Crippen molar-refractivity contribution >= 4 is 18.0 Å². The molecule has 1 aromatic rings. The van der Waals surface area contributed by atoms with Gasteiger partial charge in [-0.2, -0.15) is 13.2 Å². The Kier molecular flexibility index (Phi) is 8.10. The number of aliphatic hydroxyl groups excluding tert-OH is 1. The molecule has 1 amide bonds. The number of nitrogens with zero attached hydrogens (tertiary/aromatic N) is 1. The maximum absolute atomic E-state index is 14.5. The molecular formula is C39H48F3N2O5+. The van der Waals surface area contributed by atoms with Gasteiger partial charge in [0.25, 0.3) is 5.91 Å². The molecule has 1 aromatic carbocycles. The number of likely N-dealkylation sites (tertiary alicyclic amines) is 1. The van der Waals surface area contributed by atoms with Crippen LogP contribution in [0.25, 0.3) is 6.08 Å². The summed E-state index contributed by atoms with van der Waals surface area (Å²) in [6, 6.07) is 8.13. The van der Waals surface area contributed by atoms with E-state index in [2.05, 4.69) is 5.32 Å². The summed E-state index contributed by atoms with van der Waals surface area (Å²) < 4.78 is 57.2. The number of benzene rings is 1. The van der Waals surface area contributed by atoms with Crippen molar-refractivity contribution in [1.29, 1.82) is 0 Å². The number of allylic oxidation sites excluding steroid dienone is 1. The van der Waals surface area contributed by atoms with E-state index in [1.165, 1.54) is 76.2 Å². The molecule has 7 nitrogen and oxygen atoms in total. The monoisotopic (exact) mass is 681 g/mol. The lowest BCUT2D eigenvalue weighted by Gasteiger charge is -2.63. The number of carbonyl (C=O) groups is 2. The molecule has 0 aromatic heterocycles. The minimum Gasteiger partial charge on any atom is -0.508 e. The topological polar surface area (TPSA) is 84.9 Å². The van der Waals surface area contributed by atoms with Crippen molar-refractivity contribution in [1.82, 2.24) is 5.32 Å². The molecule has 2 bridgehead atoms. The van der Waals surface area contributed by atoms with Crippen molar-refractivity contribution in [2.24, 2.45) is 23.2 Å². The summed E-state index contributed by atoms with van der Waals surface area (Å²) in [5.74, 6) is -0.650. The Balaban J connectivity index is 1.20. The smallest absolute Gasteiger partial charge is 0.421 e. The Bertz CT molecular complexity index is 1590. The third kappa shape index (κ3) is 5.56. The SMILES string of the molecule is CC(=O)OC1(NC(=O)C(=Cc2ccccc2)C(F)(F)F)C=C(O)C2=C3C1O[C@H]1CCC[C@H]4[C@@H](C2)[N+](CC2CCCCC2)(CC2CC2)CC[C@]314. The highest BCUT2D eigenvalue weighted by atomic mass is 19.4. The number of amides is 1. The number of alkyl halides is 3. The van der Waals surface area contributed by atoms with Crippen LogP contribution in [0.1, 0.15) is 89.5 Å². The Morgan fingerprint density at radius 3 is 2.41 bits per heavy atom. The van der Waals surface area contributed by atoms with Gasteiger partial charge in [-0.15, -0.1) is 0 Å². The van der Waals surface area contributed by atoms with Gasteiger partial charge in [0.05, 0.1) is 31.8 Å². The van der Waals surface area contributed by atoms with E-state index in [0.717, 1.165) is 66.8 Å². The average Bonchev–Trinajstić information content (AvgIpc) is 3.80. The molecule has 2 aliphatic heterocycles. The van der Waals surface area contributed by atoms with Gasteiger partial charge in [-0.3, -0.25) is 9.59 Å². The number of nitrogens with one attached hydrogen (secondary N) is 1. The van der Waals surface area contributed by atoms with Crippen molar-refractivity contribution < 1.29 is 41.8 Å². The first kappa shape index (κ1) is 33.1. The van der Waals surface area contributed by atoms with Crippen LogP contribution in [0.3, 0.4) is 0 Å². The van der Waals surface area contributed by atoms with Crippen LogP contribution in [0, 0.1) is 23.2 Å². The lowest BCUT2D eigenvalue weighted by molar-refractivity contribution is -0.967. The highest BCUT2D eigenvalue weighted by Gasteiger charge is 2.73. The van der Waals surface area contributed by atoms with Gasteiger partial charge in [-0.1, -0.05) is 56.0 Å². The summed E-state index contributed by atoms with van der Waals surface area (Å²) in [5.41, 5.74) is -2.19. The standard InChI is InChI=1S/C39H47F3N2O5/c1-24(45)49-38(43-36(47)30(39(40,41)42)19-25-9-4-2-5-10-25)21-32(46)28-20-31-29-13-8-14-33-37(29,34(28)35(38)48-33)17-18-44(31,23-27-15-16-27)22-26-11-6-3-7-12-26/h2,4-5,9-10,19,21,26-27,29,31,33,35H,3,6-8,11-18,20,22-23H2,1H3,(H-,43,46,47)/p+1/t29-,31+,33-,35?,37+,38?,44?/m0/s1. The average molecular weight is 682 g/mol. The maximum Gasteiger partial charge on any atom is 0.421 e. The molecule has 3 unspecified atom stereocenters. The molecule has 5 aliphatic carbocycles. The molecule has 8 rings (SSSR count). The van der Waals surface area contributed by atoms with E-state index < -0.39 is 40.9 Å². The van der Waals surface area contributed by atoms with E-state index in [4.69, 9.17) is 9.47 Å². The van der Waals surface area contributed by atoms with E-state index in [0.29, 0.717) is 18.4 Å². The summed E-state index contributed by atoms with van der Waals surface area (Å²) in [6.45, 7) is 4.52. The second kappa shape index (κ2) is 12.0. The summed E-state index contributed by atoms with van der Waals surface area (Å²) in [6.07, 6.45) is 9.06. The number of hydrogen-bond donors (Lipinski definition) is 2. The van der Waals surface area contributed by atoms with E-state index in [-0.39, 0.29) is 23.3 Å². The zero-order chi connectivity index (χ0) is 34.2. The zero-order valence-corrected chi connectivity index (χ0v) is 28.3. The quantitative estimate of drug-likeness (QED) is 0.130. The molecule has 264 valence electrons. The van der Waals surface area contributed by atoms with Crippen molar-refractivity contribution in [3.05, 3.63) is 64.4 Å². The van der Waals surface area contributed by atoms with Gasteiger partial charge in [0.1, 0.15) is 17.4 Å². The van der Waals surface area contributed by atoms with Gasteiger partial charge in [0, 0.05) is 54.6 Å². The molecule has 7 aliphatic rings. The molecule has 2 saturated heterocycles. The largest absolute Gasteiger partial charge is 0.508 e. The van der Waals surface area contributed by atoms with Crippen molar-refractivity contribution in [3.63, 3.8) is 0 Å². The number of rotatable bonds is 8. The number of hydrogen-bond acceptors (Lipinski definition) is 5. The molecular weight excluding hydrogens is 633 g/mol. The molecule has 2 N–H and O–H groups in total. The summed E-state index contributed by atoms with van der Waals surface area (Å²) in [5, 5.41) is 14.4. The van der Waals surface area contributed by atoms with Crippen LogP contribution in [-0.4, -0.2) is 71.3 Å². The predicted molar refractivity (Wildman–Crippen MR) is 176 cm³/mol. The lowest BCUT2D eigenvalue weighted by atomic mass is 9.49. The summed E-state index contributed by atoms with van der Waals surface area (Å²) in [7, 11) is 0. The Labute approximate surface area is 286 Å². The van der Waals surface area contributed by atoms with Crippen LogP contribution in [0.2, 0.25) is 0 Å². The predicted octanol–water partition coefficient (Wildman–Crippen LogP) is 7.30. The molecule has 7 atom stereocenters. The number of piperidine rings is 1. The fraction of sp³-hybridized carbons (Fsp3) is 0.641. The number of ether oxygens (including phenoxy) is 2. The van der Waals surface area contributed by atoms with Gasteiger partial charge in [-0.05, 0) is 55.7 Å². The van der Waals surface area contributed by atoms with Crippen molar-refractivity contribution in [2.75, 3.05) is 19.6 Å². The van der Waals surface area contributed by atoms with Crippen LogP contribution in [0.15, 0.2) is 58.9 Å². The Morgan fingerprint density at radius 1 is 1.02 bits per heavy atom. The van der Waals surface area contributed by atoms with Crippen LogP contribution in [0.5, 0.6) is 0 Å². The highest BCUT2D eigenvalue weighted by molar-refractivity contribution is 6.00. The summed E-state index contributed by atoms with van der Waals surface area (Å²) >= 11 is 0. The first-order valence-electron chi connectivity index (χ1n) is 18.5. The third-order valence-corrected chi connectivity index (χ3v) is 13.2. The molecule has 10 heteroatoms. The highest BCUT2D eigenvalue weighted by Crippen LogP contribution is 2.68. The van der Waals surface area contributed by atoms with Gasteiger partial charge >= 0.3 is 12.1 Å². The molecule has 0 radical (unpaired) electrons. The second-order valence-corrected chi connectivity index (χ2v) is 16.1. The lowest BCUT2D eigenvalue weighted by Crippen LogP contribution is -2.71. The van der Waals surface area contributed by atoms with Crippen molar-refractivity contribution in [3.8, 4) is 0 Å². The van der Waals surface area contributed by atoms with Crippen LogP contribution in [-0.2, 0) is 19.1 Å². The maximum atomic E-state index is 14.5. The van der Waals surface area contributed by atoms with E-state index in [1.807, 2.05) is 0 Å². The molecule has 49 heavy (non-hydrogen) atoms. The van der Waals surface area contributed by atoms with Crippen molar-refractivity contribution in [2.45, 2.75) is 114 Å². The van der Waals surface area contributed by atoms with Gasteiger partial charge < -0.3 is 24.4 Å². The number of esters is 1. The second-order valence-electron chi connectivity index (χ2n) is 16.1. The zero-order valence-electron chi connectivity index (χ0n) is 28.3. The Hall–Kier alpha value is -3.11. The fourth-order valence-electron chi connectivity index (χ4n) is 11.2.